The van der Waals surface area contributed by atoms with Crippen molar-refractivity contribution in [3.8, 4) is 0 Å². The molecule has 23 heavy (non-hydrogen) atoms. The van der Waals surface area contributed by atoms with E-state index in [-0.39, 0.29) is 6.61 Å². The normalized spacial score (nSPS) is 12.0. The highest BCUT2D eigenvalue weighted by Crippen LogP contribution is 2.22. The first-order valence-corrected chi connectivity index (χ1v) is 8.39. The SMILES string of the molecule is C=C/C(C)=C\N(C)C(C)Cc1ccccc1C(=C)CCO.CC. The van der Waals surface area contributed by atoms with Gasteiger partial charge in [-0.05, 0) is 49.0 Å². The van der Waals surface area contributed by atoms with E-state index in [9.17, 15) is 0 Å². The molecule has 1 atom stereocenters. The largest absolute Gasteiger partial charge is 0.396 e. The number of likely N-dealkylation sites (N-methyl/N-ethyl adjacent to an activating group) is 1. The number of rotatable bonds is 8. The second-order valence-electron chi connectivity index (χ2n) is 5.53. The molecule has 128 valence electrons. The molecule has 2 nitrogen and oxygen atoms in total. The lowest BCUT2D eigenvalue weighted by Crippen LogP contribution is -2.26. The first-order valence-electron chi connectivity index (χ1n) is 8.39. The van der Waals surface area contributed by atoms with Gasteiger partial charge in [0.2, 0.25) is 0 Å². The molecule has 1 aromatic rings. The van der Waals surface area contributed by atoms with Gasteiger partial charge in [0.15, 0.2) is 0 Å². The molecular weight excluding hydrogens is 282 g/mol. The lowest BCUT2D eigenvalue weighted by atomic mass is 9.94. The summed E-state index contributed by atoms with van der Waals surface area (Å²) >= 11 is 0. The lowest BCUT2D eigenvalue weighted by Gasteiger charge is -2.25. The van der Waals surface area contributed by atoms with Crippen molar-refractivity contribution >= 4 is 5.57 Å². The van der Waals surface area contributed by atoms with E-state index in [2.05, 4.69) is 56.4 Å². The molecule has 0 saturated carbocycles. The Morgan fingerprint density at radius 2 is 1.91 bits per heavy atom. The quantitative estimate of drug-likeness (QED) is 0.678. The predicted molar refractivity (Wildman–Crippen MR) is 103 cm³/mol. The maximum atomic E-state index is 9.10. The Hall–Kier alpha value is -1.80. The second kappa shape index (κ2) is 11.7. The minimum atomic E-state index is 0.143. The number of allylic oxidation sites excluding steroid dienone is 2. The molecule has 0 spiro atoms. The van der Waals surface area contributed by atoms with Gasteiger partial charge in [0.1, 0.15) is 0 Å². The molecule has 0 fully saturated rings. The zero-order valence-electron chi connectivity index (χ0n) is 15.5. The van der Waals surface area contributed by atoms with Crippen LogP contribution in [0.5, 0.6) is 0 Å². The molecule has 2 heteroatoms. The molecule has 0 aliphatic carbocycles. The lowest BCUT2D eigenvalue weighted by molar-refractivity contribution is 0.305. The summed E-state index contributed by atoms with van der Waals surface area (Å²) in [4.78, 5) is 2.21. The van der Waals surface area contributed by atoms with E-state index in [1.165, 1.54) is 5.56 Å². The molecule has 0 bridgehead atoms. The Morgan fingerprint density at radius 1 is 1.30 bits per heavy atom. The number of hydrogen-bond donors (Lipinski definition) is 1. The summed E-state index contributed by atoms with van der Waals surface area (Å²) in [6, 6.07) is 8.69. The summed E-state index contributed by atoms with van der Waals surface area (Å²) in [6.07, 6.45) is 5.54. The van der Waals surface area contributed by atoms with Gasteiger partial charge in [-0.2, -0.15) is 0 Å². The fraction of sp³-hybridized carbons (Fsp3) is 0.429. The molecule has 0 saturated heterocycles. The molecule has 1 rings (SSSR count). The predicted octanol–water partition coefficient (Wildman–Crippen LogP) is 5.06. The van der Waals surface area contributed by atoms with E-state index in [1.54, 1.807) is 0 Å². The molecule has 1 N–H and O–H groups in total. The minimum Gasteiger partial charge on any atom is -0.396 e. The van der Waals surface area contributed by atoms with Crippen LogP contribution >= 0.6 is 0 Å². The average Bonchev–Trinajstić information content (AvgIpc) is 2.57. The van der Waals surface area contributed by atoms with Crippen LogP contribution in [0.15, 0.2) is 55.3 Å². The third-order valence-electron chi connectivity index (χ3n) is 3.75. The summed E-state index contributed by atoms with van der Waals surface area (Å²) in [5.74, 6) is 0. The summed E-state index contributed by atoms with van der Waals surface area (Å²) in [5, 5.41) is 9.10. The standard InChI is InChI=1S/C19H27NO.C2H6/c1-6-15(2)14-20(5)17(4)13-18-9-7-8-10-19(18)16(3)11-12-21;1-2/h6-10,14,17,21H,1,3,11-13H2,2,4-5H3;1-2H3/b15-14-;. The fourth-order valence-electron chi connectivity index (χ4n) is 2.28. The van der Waals surface area contributed by atoms with Crippen molar-refractivity contribution in [1.29, 1.82) is 0 Å². The van der Waals surface area contributed by atoms with Crippen molar-refractivity contribution in [2.45, 2.75) is 46.6 Å². The Labute approximate surface area is 142 Å². The Bertz CT molecular complexity index is 516. The maximum absolute atomic E-state index is 9.10. The summed E-state index contributed by atoms with van der Waals surface area (Å²) in [7, 11) is 2.09. The van der Waals surface area contributed by atoms with Crippen molar-refractivity contribution < 1.29 is 5.11 Å². The monoisotopic (exact) mass is 315 g/mol. The number of hydrogen-bond acceptors (Lipinski definition) is 2. The molecule has 0 aliphatic heterocycles. The van der Waals surface area contributed by atoms with Crippen LogP contribution in [0.25, 0.3) is 5.57 Å². The summed E-state index contributed by atoms with van der Waals surface area (Å²) < 4.78 is 0. The van der Waals surface area contributed by atoms with Gasteiger partial charge in [-0.15, -0.1) is 0 Å². The highest BCUT2D eigenvalue weighted by Gasteiger charge is 2.11. The molecule has 0 aliphatic rings. The number of aliphatic hydroxyl groups is 1. The average molecular weight is 316 g/mol. The first kappa shape index (κ1) is 21.2. The van der Waals surface area contributed by atoms with Crippen LogP contribution in [-0.2, 0) is 6.42 Å². The van der Waals surface area contributed by atoms with Crippen LogP contribution in [0.4, 0.5) is 0 Å². The summed E-state index contributed by atoms with van der Waals surface area (Å²) in [5.41, 5.74) is 4.60. The van der Waals surface area contributed by atoms with E-state index in [1.807, 2.05) is 32.9 Å². The van der Waals surface area contributed by atoms with Gasteiger partial charge in [-0.1, -0.05) is 57.3 Å². The van der Waals surface area contributed by atoms with E-state index in [0.717, 1.165) is 23.1 Å². The van der Waals surface area contributed by atoms with Gasteiger partial charge in [0, 0.05) is 25.9 Å². The zero-order chi connectivity index (χ0) is 17.8. The molecule has 0 aromatic heterocycles. The molecule has 0 radical (unpaired) electrons. The van der Waals surface area contributed by atoms with E-state index in [4.69, 9.17) is 5.11 Å². The van der Waals surface area contributed by atoms with Crippen LogP contribution in [0.3, 0.4) is 0 Å². The molecule has 1 aromatic carbocycles. The van der Waals surface area contributed by atoms with Gasteiger partial charge in [-0.3, -0.25) is 0 Å². The number of benzene rings is 1. The smallest absolute Gasteiger partial charge is 0.0471 e. The first-order chi connectivity index (χ1) is 11.0. The van der Waals surface area contributed by atoms with Crippen molar-refractivity contribution in [3.63, 3.8) is 0 Å². The van der Waals surface area contributed by atoms with Gasteiger partial charge >= 0.3 is 0 Å². The van der Waals surface area contributed by atoms with Gasteiger partial charge in [-0.25, -0.2) is 0 Å². The van der Waals surface area contributed by atoms with Crippen molar-refractivity contribution in [2.24, 2.45) is 0 Å². The van der Waals surface area contributed by atoms with E-state index >= 15 is 0 Å². The van der Waals surface area contributed by atoms with Crippen molar-refractivity contribution in [3.05, 3.63) is 66.4 Å². The van der Waals surface area contributed by atoms with Gasteiger partial charge in [0.05, 0.1) is 0 Å². The van der Waals surface area contributed by atoms with Gasteiger partial charge < -0.3 is 10.0 Å². The van der Waals surface area contributed by atoms with Gasteiger partial charge in [0.25, 0.3) is 0 Å². The molecular formula is C21H33NO. The van der Waals surface area contributed by atoms with Crippen LogP contribution in [0.1, 0.15) is 45.2 Å². The minimum absolute atomic E-state index is 0.143. The molecule has 1 unspecified atom stereocenters. The highest BCUT2D eigenvalue weighted by molar-refractivity contribution is 5.66. The summed E-state index contributed by atoms with van der Waals surface area (Å²) in [6.45, 7) is 16.3. The maximum Gasteiger partial charge on any atom is 0.0471 e. The van der Waals surface area contributed by atoms with Crippen molar-refractivity contribution in [2.75, 3.05) is 13.7 Å². The van der Waals surface area contributed by atoms with Crippen LogP contribution < -0.4 is 0 Å². The topological polar surface area (TPSA) is 23.5 Å². The highest BCUT2D eigenvalue weighted by atomic mass is 16.2. The van der Waals surface area contributed by atoms with Crippen LogP contribution in [0.2, 0.25) is 0 Å². The molecule has 0 amide bonds. The van der Waals surface area contributed by atoms with Crippen LogP contribution in [0, 0.1) is 0 Å². The Balaban J connectivity index is 0.00000232. The third kappa shape index (κ3) is 7.34. The van der Waals surface area contributed by atoms with Crippen LogP contribution in [-0.4, -0.2) is 29.7 Å². The third-order valence-corrected chi connectivity index (χ3v) is 3.75. The second-order valence-corrected chi connectivity index (χ2v) is 5.53. The molecule has 0 heterocycles. The fourth-order valence-corrected chi connectivity index (χ4v) is 2.28. The van der Waals surface area contributed by atoms with E-state index < -0.39 is 0 Å². The number of aliphatic hydroxyl groups excluding tert-OH is 1. The Kier molecular flexibility index (Phi) is 10.8. The Morgan fingerprint density at radius 3 is 2.48 bits per heavy atom. The zero-order valence-corrected chi connectivity index (χ0v) is 15.5. The van der Waals surface area contributed by atoms with Crippen molar-refractivity contribution in [1.82, 2.24) is 4.90 Å². The van der Waals surface area contributed by atoms with E-state index in [0.29, 0.717) is 12.5 Å². The number of nitrogens with zero attached hydrogens (tertiary/aromatic N) is 1.